The van der Waals surface area contributed by atoms with Gasteiger partial charge in [-0.2, -0.15) is 11.8 Å². The van der Waals surface area contributed by atoms with E-state index in [9.17, 15) is 13.2 Å². The first-order chi connectivity index (χ1) is 10.4. The molecule has 0 aliphatic rings. The van der Waals surface area contributed by atoms with Gasteiger partial charge in [0.25, 0.3) is 5.91 Å². The number of rotatable bonds is 6. The minimum Gasteiger partial charge on any atom is -0.351 e. The Kier molecular flexibility index (Phi) is 6.80. The van der Waals surface area contributed by atoms with E-state index in [1.54, 1.807) is 17.8 Å². The van der Waals surface area contributed by atoms with Gasteiger partial charge >= 0.3 is 0 Å². The van der Waals surface area contributed by atoms with Crippen molar-refractivity contribution in [1.29, 1.82) is 0 Å². The molecule has 1 aromatic rings. The number of carbonyl (C=O) groups excluding carboxylic acids is 1. The third kappa shape index (κ3) is 6.61. The molecule has 1 aromatic carbocycles. The molecule has 0 aliphatic heterocycles. The van der Waals surface area contributed by atoms with Gasteiger partial charge in [0.1, 0.15) is 0 Å². The van der Waals surface area contributed by atoms with E-state index in [1.807, 2.05) is 0 Å². The van der Waals surface area contributed by atoms with E-state index in [4.69, 9.17) is 11.6 Å². The number of hydrogen-bond donors (Lipinski definition) is 1. The first-order valence-corrected chi connectivity index (χ1v) is 10.3. The lowest BCUT2D eigenvalue weighted by Gasteiger charge is -2.19. The van der Waals surface area contributed by atoms with Crippen LogP contribution >= 0.6 is 23.4 Å². The highest BCUT2D eigenvalue weighted by Gasteiger charge is 2.17. The van der Waals surface area contributed by atoms with Gasteiger partial charge in [-0.05, 0) is 18.2 Å². The Labute approximate surface area is 147 Å². The fourth-order valence-electron chi connectivity index (χ4n) is 1.69. The molecule has 1 rings (SSSR count). The number of thioether (sulfide) groups is 1. The van der Waals surface area contributed by atoms with Crippen LogP contribution in [0.1, 0.15) is 31.1 Å². The number of halogens is 1. The van der Waals surface area contributed by atoms with Crippen molar-refractivity contribution in [1.82, 2.24) is 5.32 Å². The maximum Gasteiger partial charge on any atom is 0.252 e. The lowest BCUT2D eigenvalue weighted by Crippen LogP contribution is -2.28. The average Bonchev–Trinajstić information content (AvgIpc) is 2.41. The molecule has 0 spiro atoms. The molecule has 23 heavy (non-hydrogen) atoms. The number of carbonyl (C=O) groups is 1. The number of amides is 1. The molecule has 0 unspecified atom stereocenters. The van der Waals surface area contributed by atoms with Crippen molar-refractivity contribution in [2.45, 2.75) is 25.5 Å². The highest BCUT2D eigenvalue weighted by atomic mass is 35.5. The van der Waals surface area contributed by atoms with Gasteiger partial charge in [0.15, 0.2) is 0 Å². The number of benzene rings is 1. The lowest BCUT2D eigenvalue weighted by atomic mass is 10.2. The zero-order valence-corrected chi connectivity index (χ0v) is 16.4. The molecule has 8 heteroatoms. The monoisotopic (exact) mass is 378 g/mol. The molecule has 0 bridgehead atoms. The summed E-state index contributed by atoms with van der Waals surface area (Å²) in [5.41, 5.74) is 0.659. The van der Waals surface area contributed by atoms with E-state index in [0.29, 0.717) is 12.2 Å². The third-order valence-electron chi connectivity index (χ3n) is 2.98. The normalized spacial score (nSPS) is 12.1. The van der Waals surface area contributed by atoms with Gasteiger partial charge in [-0.25, -0.2) is 8.42 Å². The summed E-state index contributed by atoms with van der Waals surface area (Å²) < 4.78 is 24.4. The van der Waals surface area contributed by atoms with Gasteiger partial charge in [0, 0.05) is 24.1 Å². The molecule has 0 fully saturated rings. The summed E-state index contributed by atoms with van der Waals surface area (Å²) in [6.45, 7) is 6.85. The SMILES string of the molecule is CN(c1ccc(Cl)c(C(=O)NCCSC(C)(C)C)c1)S(C)(=O)=O. The van der Waals surface area contributed by atoms with Crippen LogP contribution < -0.4 is 9.62 Å². The van der Waals surface area contributed by atoms with Crippen LogP contribution in [0, 0.1) is 0 Å². The standard InChI is InChI=1S/C15H23ClN2O3S2/c1-15(2,3)22-9-8-17-14(19)12-10-11(6-7-13(12)16)18(4)23(5,20)21/h6-7,10H,8-9H2,1-5H3,(H,17,19). The summed E-state index contributed by atoms with van der Waals surface area (Å²) in [7, 11) is -1.96. The Morgan fingerprint density at radius 3 is 2.48 bits per heavy atom. The molecule has 0 aliphatic carbocycles. The highest BCUT2D eigenvalue weighted by molar-refractivity contribution is 8.00. The maximum atomic E-state index is 12.2. The van der Waals surface area contributed by atoms with E-state index in [-0.39, 0.29) is 21.2 Å². The predicted octanol–water partition coefficient (Wildman–Crippen LogP) is 3.00. The molecule has 130 valence electrons. The molecule has 0 atom stereocenters. The van der Waals surface area contributed by atoms with Gasteiger partial charge < -0.3 is 5.32 Å². The Hall–Kier alpha value is -0.920. The second kappa shape index (κ2) is 7.77. The molecule has 5 nitrogen and oxygen atoms in total. The third-order valence-corrected chi connectivity index (χ3v) is 5.79. The Morgan fingerprint density at radius 1 is 1.35 bits per heavy atom. The van der Waals surface area contributed by atoms with Crippen molar-refractivity contribution in [2.75, 3.05) is 29.9 Å². The molecule has 0 saturated heterocycles. The second-order valence-corrected chi connectivity index (χ2v) is 10.5. The number of sulfonamides is 1. The van der Waals surface area contributed by atoms with Gasteiger partial charge in [0.2, 0.25) is 10.0 Å². The molecule has 1 N–H and O–H groups in total. The van der Waals surface area contributed by atoms with Crippen LogP contribution in [-0.2, 0) is 10.0 Å². The van der Waals surface area contributed by atoms with Crippen LogP contribution in [0.25, 0.3) is 0 Å². The van der Waals surface area contributed by atoms with E-state index >= 15 is 0 Å². The predicted molar refractivity (Wildman–Crippen MR) is 99.2 cm³/mol. The smallest absolute Gasteiger partial charge is 0.252 e. The van der Waals surface area contributed by atoms with Crippen LogP contribution in [0.5, 0.6) is 0 Å². The minimum absolute atomic E-state index is 0.139. The Morgan fingerprint density at radius 2 is 1.96 bits per heavy atom. The van der Waals surface area contributed by atoms with Crippen molar-refractivity contribution in [3.8, 4) is 0 Å². The highest BCUT2D eigenvalue weighted by Crippen LogP contribution is 2.24. The van der Waals surface area contributed by atoms with Gasteiger partial charge in [0.05, 0.1) is 22.5 Å². The van der Waals surface area contributed by atoms with Crippen molar-refractivity contribution in [2.24, 2.45) is 0 Å². The minimum atomic E-state index is -3.39. The number of hydrogen-bond acceptors (Lipinski definition) is 4. The quantitative estimate of drug-likeness (QED) is 0.773. The lowest BCUT2D eigenvalue weighted by molar-refractivity contribution is 0.0956. The molecule has 0 heterocycles. The molecule has 0 saturated carbocycles. The zero-order valence-electron chi connectivity index (χ0n) is 14.0. The Balaban J connectivity index is 2.81. The van der Waals surface area contributed by atoms with E-state index in [0.717, 1.165) is 16.3 Å². The number of anilines is 1. The van der Waals surface area contributed by atoms with E-state index in [2.05, 4.69) is 26.1 Å². The summed E-state index contributed by atoms with van der Waals surface area (Å²) in [6.07, 6.45) is 1.10. The fraction of sp³-hybridized carbons (Fsp3) is 0.533. The molecular formula is C15H23ClN2O3S2. The van der Waals surface area contributed by atoms with Crippen LogP contribution in [-0.4, -0.2) is 44.7 Å². The van der Waals surface area contributed by atoms with Crippen LogP contribution in [0.3, 0.4) is 0 Å². The van der Waals surface area contributed by atoms with Crippen molar-refractivity contribution >= 4 is 45.0 Å². The zero-order chi connectivity index (χ0) is 17.8. The molecule has 0 aromatic heterocycles. The molecular weight excluding hydrogens is 356 g/mol. The fourth-order valence-corrected chi connectivity index (χ4v) is 3.21. The summed E-state index contributed by atoms with van der Waals surface area (Å²) in [5, 5.41) is 3.09. The molecule has 0 radical (unpaired) electrons. The summed E-state index contributed by atoms with van der Waals surface area (Å²) in [5.74, 6) is 0.476. The van der Waals surface area contributed by atoms with Crippen LogP contribution in [0.4, 0.5) is 5.69 Å². The van der Waals surface area contributed by atoms with E-state index in [1.165, 1.54) is 19.2 Å². The number of nitrogens with one attached hydrogen (secondary N) is 1. The summed E-state index contributed by atoms with van der Waals surface area (Å²) in [6, 6.07) is 4.57. The van der Waals surface area contributed by atoms with Crippen molar-refractivity contribution < 1.29 is 13.2 Å². The van der Waals surface area contributed by atoms with Crippen molar-refractivity contribution in [3.63, 3.8) is 0 Å². The second-order valence-electron chi connectivity index (χ2n) is 6.11. The first-order valence-electron chi connectivity index (χ1n) is 7.07. The van der Waals surface area contributed by atoms with Gasteiger partial charge in [-0.15, -0.1) is 0 Å². The maximum absolute atomic E-state index is 12.2. The Bertz CT molecular complexity index is 670. The van der Waals surface area contributed by atoms with Crippen LogP contribution in [0.15, 0.2) is 18.2 Å². The van der Waals surface area contributed by atoms with Crippen molar-refractivity contribution in [3.05, 3.63) is 28.8 Å². The van der Waals surface area contributed by atoms with Gasteiger partial charge in [-0.3, -0.25) is 9.10 Å². The van der Waals surface area contributed by atoms with E-state index < -0.39 is 10.0 Å². The topological polar surface area (TPSA) is 66.5 Å². The first kappa shape index (κ1) is 20.1. The molecule has 1 amide bonds. The van der Waals surface area contributed by atoms with Crippen LogP contribution in [0.2, 0.25) is 5.02 Å². The largest absolute Gasteiger partial charge is 0.351 e. The average molecular weight is 379 g/mol. The number of nitrogens with zero attached hydrogens (tertiary/aromatic N) is 1. The summed E-state index contributed by atoms with van der Waals surface area (Å²) in [4.78, 5) is 12.2. The summed E-state index contributed by atoms with van der Waals surface area (Å²) >= 11 is 7.81. The van der Waals surface area contributed by atoms with Gasteiger partial charge in [-0.1, -0.05) is 32.4 Å².